The molecule has 0 atom stereocenters. The molecule has 130 valence electrons. The third-order valence-corrected chi connectivity index (χ3v) is 3.12. The molecule has 2 rings (SSSR count). The Morgan fingerprint density at radius 1 is 1.29 bits per heavy atom. The number of rotatable bonds is 5. The average molecular weight is 334 g/mol. The number of carbonyl (C=O) groups excluding carboxylic acids is 2. The lowest BCUT2D eigenvalue weighted by Gasteiger charge is -2.26. The first-order chi connectivity index (χ1) is 11.3. The zero-order valence-corrected chi connectivity index (χ0v) is 14.3. The smallest absolute Gasteiger partial charge is 0.410 e. The van der Waals surface area contributed by atoms with Gasteiger partial charge in [-0.1, -0.05) is 0 Å². The van der Waals surface area contributed by atoms with E-state index >= 15 is 0 Å². The van der Waals surface area contributed by atoms with E-state index < -0.39 is 11.7 Å². The number of nitrogens with one attached hydrogen (secondary N) is 2. The van der Waals surface area contributed by atoms with Gasteiger partial charge in [0.05, 0.1) is 6.33 Å². The second-order valence-corrected chi connectivity index (χ2v) is 6.18. The minimum atomic E-state index is -0.570. The number of hydrogen-bond donors (Lipinski definition) is 2. The maximum Gasteiger partial charge on any atom is 0.410 e. The lowest BCUT2D eigenvalue weighted by molar-refractivity contribution is -0.116. The zero-order chi connectivity index (χ0) is 17.7. The molecule has 0 saturated heterocycles. The average Bonchev–Trinajstić information content (AvgIpc) is 2.95. The summed E-state index contributed by atoms with van der Waals surface area (Å²) in [5.74, 6) is 0.0755. The van der Waals surface area contributed by atoms with Crippen LogP contribution in [0.3, 0.4) is 0 Å². The third kappa shape index (κ3) is 4.64. The van der Waals surface area contributed by atoms with Gasteiger partial charge in [0.2, 0.25) is 5.91 Å². The number of nitrogens with zero attached hydrogens (tertiary/aromatic N) is 4. The molecule has 0 radical (unpaired) electrons. The van der Waals surface area contributed by atoms with Crippen LogP contribution >= 0.6 is 0 Å². The molecule has 0 aliphatic heterocycles. The van der Waals surface area contributed by atoms with Crippen LogP contribution in [-0.4, -0.2) is 55.5 Å². The number of anilines is 1. The molecule has 2 heterocycles. The number of fused-ring (bicyclic) bond motifs is 1. The molecule has 0 aliphatic carbocycles. The highest BCUT2D eigenvalue weighted by Crippen LogP contribution is 2.15. The molecule has 24 heavy (non-hydrogen) atoms. The molecule has 2 amide bonds. The van der Waals surface area contributed by atoms with Crippen LogP contribution in [0.1, 0.15) is 34.1 Å². The monoisotopic (exact) mass is 334 g/mol. The quantitative estimate of drug-likeness (QED) is 0.864. The van der Waals surface area contributed by atoms with Crippen LogP contribution in [0.15, 0.2) is 12.7 Å². The molecular weight excluding hydrogens is 312 g/mol. The summed E-state index contributed by atoms with van der Waals surface area (Å²) < 4.78 is 5.31. The highest BCUT2D eigenvalue weighted by atomic mass is 16.6. The molecule has 0 fully saturated rings. The minimum absolute atomic E-state index is 0.128. The van der Waals surface area contributed by atoms with E-state index in [0.29, 0.717) is 23.5 Å². The zero-order valence-electron chi connectivity index (χ0n) is 14.3. The molecule has 2 N–H and O–H groups in total. The Balaban J connectivity index is 1.92. The van der Waals surface area contributed by atoms with E-state index in [0.717, 1.165) is 0 Å². The standard InChI is InChI=1S/C15H22N6O3/c1-5-21(14(23)24-15(2,3)4)7-6-10(22)20-13-11-12(17-8-16-11)18-9-19-13/h8-9H,5-7H2,1-4H3,(H2,16,17,18,19,20,22). The second-order valence-electron chi connectivity index (χ2n) is 6.18. The van der Waals surface area contributed by atoms with Gasteiger partial charge in [-0.15, -0.1) is 0 Å². The van der Waals surface area contributed by atoms with Gasteiger partial charge in [0, 0.05) is 19.5 Å². The lowest BCUT2D eigenvalue weighted by Crippen LogP contribution is -2.38. The highest BCUT2D eigenvalue weighted by Gasteiger charge is 2.21. The number of aromatic nitrogens is 4. The Kier molecular flexibility index (Phi) is 5.32. The Hall–Kier alpha value is -2.71. The Labute approximate surface area is 139 Å². The molecule has 0 saturated carbocycles. The van der Waals surface area contributed by atoms with E-state index in [1.807, 2.05) is 6.92 Å². The molecule has 0 aliphatic rings. The number of ether oxygens (including phenoxy) is 1. The summed E-state index contributed by atoms with van der Waals surface area (Å²) >= 11 is 0. The number of H-pyrrole nitrogens is 1. The Morgan fingerprint density at radius 3 is 2.71 bits per heavy atom. The number of aromatic amines is 1. The summed E-state index contributed by atoms with van der Waals surface area (Å²) in [6.07, 6.45) is 2.52. The van der Waals surface area contributed by atoms with Gasteiger partial charge >= 0.3 is 6.09 Å². The molecule has 0 spiro atoms. The van der Waals surface area contributed by atoms with Crippen molar-refractivity contribution in [1.82, 2.24) is 24.8 Å². The van der Waals surface area contributed by atoms with Crippen LogP contribution in [0.5, 0.6) is 0 Å². The molecule has 9 heteroatoms. The fraction of sp³-hybridized carbons (Fsp3) is 0.533. The van der Waals surface area contributed by atoms with E-state index in [9.17, 15) is 9.59 Å². The number of hydrogen-bond acceptors (Lipinski definition) is 6. The minimum Gasteiger partial charge on any atom is -0.444 e. The summed E-state index contributed by atoms with van der Waals surface area (Å²) in [5.41, 5.74) is 0.466. The van der Waals surface area contributed by atoms with E-state index in [1.54, 1.807) is 20.8 Å². The van der Waals surface area contributed by atoms with Crippen molar-refractivity contribution in [3.63, 3.8) is 0 Å². The van der Waals surface area contributed by atoms with Crippen molar-refractivity contribution in [2.45, 2.75) is 39.7 Å². The van der Waals surface area contributed by atoms with Gasteiger partial charge in [-0.3, -0.25) is 4.79 Å². The summed E-state index contributed by atoms with van der Waals surface area (Å²) in [6, 6.07) is 0. The van der Waals surface area contributed by atoms with Crippen LogP contribution in [0.4, 0.5) is 10.6 Å². The van der Waals surface area contributed by atoms with Crippen molar-refractivity contribution in [3.05, 3.63) is 12.7 Å². The maximum absolute atomic E-state index is 12.1. The van der Waals surface area contributed by atoms with Crippen molar-refractivity contribution in [2.75, 3.05) is 18.4 Å². The van der Waals surface area contributed by atoms with Gasteiger partial charge in [-0.25, -0.2) is 19.7 Å². The fourth-order valence-electron chi connectivity index (χ4n) is 1.99. The number of carbonyl (C=O) groups is 2. The lowest BCUT2D eigenvalue weighted by atomic mass is 10.2. The van der Waals surface area contributed by atoms with Gasteiger partial charge in [-0.2, -0.15) is 0 Å². The van der Waals surface area contributed by atoms with Crippen molar-refractivity contribution in [3.8, 4) is 0 Å². The third-order valence-electron chi connectivity index (χ3n) is 3.12. The van der Waals surface area contributed by atoms with Crippen molar-refractivity contribution in [2.24, 2.45) is 0 Å². The molecule has 9 nitrogen and oxygen atoms in total. The Bertz CT molecular complexity index is 721. The molecule has 0 bridgehead atoms. The van der Waals surface area contributed by atoms with Crippen molar-refractivity contribution >= 4 is 29.0 Å². The van der Waals surface area contributed by atoms with E-state index in [-0.39, 0.29) is 18.9 Å². The van der Waals surface area contributed by atoms with Crippen LogP contribution in [0, 0.1) is 0 Å². The molecule has 0 aromatic carbocycles. The maximum atomic E-state index is 12.1. The van der Waals surface area contributed by atoms with Crippen LogP contribution < -0.4 is 5.32 Å². The first-order valence-electron chi connectivity index (χ1n) is 7.72. The predicted octanol–water partition coefficient (Wildman–Crippen LogP) is 1.94. The summed E-state index contributed by atoms with van der Waals surface area (Å²) in [6.45, 7) is 7.95. The molecule has 0 unspecified atom stereocenters. The van der Waals surface area contributed by atoms with Crippen molar-refractivity contribution in [1.29, 1.82) is 0 Å². The second kappa shape index (κ2) is 7.24. The summed E-state index contributed by atoms with van der Waals surface area (Å²) in [5, 5.41) is 2.69. The van der Waals surface area contributed by atoms with Gasteiger partial charge in [0.25, 0.3) is 0 Å². The van der Waals surface area contributed by atoms with E-state index in [1.165, 1.54) is 17.6 Å². The fourth-order valence-corrected chi connectivity index (χ4v) is 1.99. The largest absolute Gasteiger partial charge is 0.444 e. The molecule has 2 aromatic rings. The molecule has 2 aromatic heterocycles. The van der Waals surface area contributed by atoms with Crippen LogP contribution in [0.25, 0.3) is 11.2 Å². The van der Waals surface area contributed by atoms with Crippen molar-refractivity contribution < 1.29 is 14.3 Å². The SMILES string of the molecule is CCN(CCC(=O)Nc1ncnc2[nH]cnc12)C(=O)OC(C)(C)C. The predicted molar refractivity (Wildman–Crippen MR) is 88.4 cm³/mol. The first kappa shape index (κ1) is 17.6. The normalized spacial score (nSPS) is 11.3. The van der Waals surface area contributed by atoms with Crippen LogP contribution in [-0.2, 0) is 9.53 Å². The van der Waals surface area contributed by atoms with Gasteiger partial charge in [0.1, 0.15) is 11.9 Å². The van der Waals surface area contributed by atoms with E-state index in [4.69, 9.17) is 4.74 Å². The highest BCUT2D eigenvalue weighted by molar-refractivity contribution is 5.96. The number of imidazole rings is 1. The molecular formula is C15H22N6O3. The van der Waals surface area contributed by atoms with Gasteiger partial charge in [-0.05, 0) is 27.7 Å². The van der Waals surface area contributed by atoms with Gasteiger partial charge < -0.3 is 19.9 Å². The summed E-state index contributed by atoms with van der Waals surface area (Å²) in [4.78, 5) is 40.6. The number of amides is 2. The van der Waals surface area contributed by atoms with Crippen LogP contribution in [0.2, 0.25) is 0 Å². The topological polar surface area (TPSA) is 113 Å². The first-order valence-corrected chi connectivity index (χ1v) is 7.72. The van der Waals surface area contributed by atoms with Gasteiger partial charge in [0.15, 0.2) is 17.0 Å². The Morgan fingerprint density at radius 2 is 2.04 bits per heavy atom. The van der Waals surface area contributed by atoms with E-state index in [2.05, 4.69) is 25.3 Å². The summed E-state index contributed by atoms with van der Waals surface area (Å²) in [7, 11) is 0.